The van der Waals surface area contributed by atoms with Crippen molar-refractivity contribution in [3.8, 4) is 0 Å². The molecule has 1 aliphatic heterocycles. The molecule has 2 unspecified atom stereocenters. The van der Waals surface area contributed by atoms with Crippen LogP contribution in [0.1, 0.15) is 32.3 Å². The van der Waals surface area contributed by atoms with E-state index in [4.69, 9.17) is 0 Å². The zero-order valence-electron chi connectivity index (χ0n) is 12.0. The Morgan fingerprint density at radius 3 is 2.71 bits per heavy atom. The van der Waals surface area contributed by atoms with Crippen molar-refractivity contribution in [3.63, 3.8) is 0 Å². The zero-order valence-corrected chi connectivity index (χ0v) is 13.6. The maximum Gasteiger partial charge on any atom is 0.245 e. The molecule has 1 aromatic rings. The summed E-state index contributed by atoms with van der Waals surface area (Å²) in [6.45, 7) is 3.96. The number of nitrogens with zero attached hydrogens (tertiary/aromatic N) is 1. The van der Waals surface area contributed by atoms with Crippen molar-refractivity contribution in [2.45, 2.75) is 45.3 Å². The molecule has 1 aromatic carbocycles. The van der Waals surface area contributed by atoms with E-state index in [0.717, 1.165) is 12.0 Å². The van der Waals surface area contributed by atoms with Gasteiger partial charge in [0.15, 0.2) is 0 Å². The Hall–Kier alpha value is -1.43. The van der Waals surface area contributed by atoms with Gasteiger partial charge in [-0.2, -0.15) is 0 Å². The second-order valence-corrected chi connectivity index (χ2v) is 6.10. The maximum atomic E-state index is 13.3. The van der Waals surface area contributed by atoms with Gasteiger partial charge in [0.05, 0.1) is 4.47 Å². The van der Waals surface area contributed by atoms with Crippen molar-refractivity contribution in [2.24, 2.45) is 0 Å². The number of rotatable bonds is 4. The number of carbonyl (C=O) groups is 2. The molecule has 0 saturated carbocycles. The van der Waals surface area contributed by atoms with Crippen LogP contribution in [-0.4, -0.2) is 28.8 Å². The lowest BCUT2D eigenvalue weighted by atomic mass is 10.0. The van der Waals surface area contributed by atoms with Crippen LogP contribution in [0.2, 0.25) is 0 Å². The first-order valence-electron chi connectivity index (χ1n) is 6.98. The molecule has 1 aliphatic rings. The van der Waals surface area contributed by atoms with Crippen molar-refractivity contribution in [1.29, 1.82) is 0 Å². The molecule has 0 bridgehead atoms. The molecule has 0 spiro atoms. The molecule has 2 atom stereocenters. The highest BCUT2D eigenvalue weighted by Crippen LogP contribution is 2.22. The van der Waals surface area contributed by atoms with E-state index < -0.39 is 12.1 Å². The quantitative estimate of drug-likeness (QED) is 0.901. The van der Waals surface area contributed by atoms with E-state index in [1.54, 1.807) is 24.0 Å². The van der Waals surface area contributed by atoms with E-state index in [0.29, 0.717) is 17.4 Å². The van der Waals surface area contributed by atoms with Gasteiger partial charge in [0.25, 0.3) is 0 Å². The minimum absolute atomic E-state index is 0.103. The molecule has 2 amide bonds. The van der Waals surface area contributed by atoms with Gasteiger partial charge in [0.2, 0.25) is 11.8 Å². The van der Waals surface area contributed by atoms with Gasteiger partial charge in [-0.1, -0.05) is 19.4 Å². The molecule has 114 valence electrons. The molecule has 4 nitrogen and oxygen atoms in total. The lowest BCUT2D eigenvalue weighted by Crippen LogP contribution is -2.61. The van der Waals surface area contributed by atoms with E-state index in [2.05, 4.69) is 21.2 Å². The molecular formula is C15H18BrFN2O2. The summed E-state index contributed by atoms with van der Waals surface area (Å²) in [5.74, 6) is -0.571. The average molecular weight is 357 g/mol. The minimum Gasteiger partial charge on any atom is -0.343 e. The second kappa shape index (κ2) is 6.56. The molecule has 2 rings (SSSR count). The third-order valence-corrected chi connectivity index (χ3v) is 4.20. The zero-order chi connectivity index (χ0) is 15.6. The lowest BCUT2D eigenvalue weighted by Gasteiger charge is -2.38. The predicted molar refractivity (Wildman–Crippen MR) is 81.0 cm³/mol. The smallest absolute Gasteiger partial charge is 0.245 e. The van der Waals surface area contributed by atoms with Crippen LogP contribution in [-0.2, 0) is 16.1 Å². The van der Waals surface area contributed by atoms with Crippen LogP contribution in [0.25, 0.3) is 0 Å². The Morgan fingerprint density at radius 2 is 2.10 bits per heavy atom. The third-order valence-electron chi connectivity index (χ3n) is 3.59. The Labute approximate surface area is 131 Å². The van der Waals surface area contributed by atoms with Crippen LogP contribution in [0.3, 0.4) is 0 Å². The van der Waals surface area contributed by atoms with Crippen LogP contribution in [0.15, 0.2) is 22.7 Å². The Morgan fingerprint density at radius 1 is 1.38 bits per heavy atom. The molecule has 0 aromatic heterocycles. The van der Waals surface area contributed by atoms with Crippen LogP contribution in [0.5, 0.6) is 0 Å². The number of nitrogens with one attached hydrogen (secondary N) is 1. The number of hydrogen-bond acceptors (Lipinski definition) is 2. The fraction of sp³-hybridized carbons (Fsp3) is 0.467. The molecular weight excluding hydrogens is 339 g/mol. The number of benzene rings is 1. The molecule has 1 heterocycles. The topological polar surface area (TPSA) is 49.4 Å². The van der Waals surface area contributed by atoms with E-state index >= 15 is 0 Å². The van der Waals surface area contributed by atoms with Crippen molar-refractivity contribution in [1.82, 2.24) is 10.2 Å². The largest absolute Gasteiger partial charge is 0.343 e. The van der Waals surface area contributed by atoms with Crippen LogP contribution < -0.4 is 5.32 Å². The monoisotopic (exact) mass is 356 g/mol. The third kappa shape index (κ3) is 3.43. The molecule has 1 fully saturated rings. The lowest BCUT2D eigenvalue weighted by molar-refractivity contribution is -0.149. The first kappa shape index (κ1) is 15.9. The van der Waals surface area contributed by atoms with E-state index in [9.17, 15) is 14.0 Å². The number of carbonyl (C=O) groups excluding carboxylic acids is 2. The number of halogens is 2. The molecule has 0 radical (unpaired) electrons. The fourth-order valence-corrected chi connectivity index (χ4v) is 2.92. The van der Waals surface area contributed by atoms with Gasteiger partial charge in [0, 0.05) is 6.54 Å². The summed E-state index contributed by atoms with van der Waals surface area (Å²) < 4.78 is 13.6. The van der Waals surface area contributed by atoms with E-state index in [-0.39, 0.29) is 17.6 Å². The molecule has 1 N–H and O–H groups in total. The summed E-state index contributed by atoms with van der Waals surface area (Å²) in [6.07, 6.45) is 1.43. The molecule has 6 heteroatoms. The van der Waals surface area contributed by atoms with Gasteiger partial charge >= 0.3 is 0 Å². The first-order valence-corrected chi connectivity index (χ1v) is 7.78. The minimum atomic E-state index is -0.519. The van der Waals surface area contributed by atoms with Gasteiger partial charge in [-0.15, -0.1) is 0 Å². The molecule has 0 aliphatic carbocycles. The standard InChI is InChI=1S/C15H18BrFN2O2/c1-3-4-13-14(20)18-9(2)15(21)19(13)8-10-5-6-12(17)11(16)7-10/h5-7,9,13H,3-4,8H2,1-2H3,(H,18,20). The number of hydrogen-bond donors (Lipinski definition) is 1. The maximum absolute atomic E-state index is 13.3. The Bertz CT molecular complexity index is 565. The normalized spacial score (nSPS) is 22.4. The Balaban J connectivity index is 2.25. The summed E-state index contributed by atoms with van der Waals surface area (Å²) in [7, 11) is 0. The predicted octanol–water partition coefficient (Wildman–Crippen LogP) is 2.60. The van der Waals surface area contributed by atoms with Crippen molar-refractivity contribution < 1.29 is 14.0 Å². The molecule has 1 saturated heterocycles. The highest BCUT2D eigenvalue weighted by molar-refractivity contribution is 9.10. The Kier molecular flexibility index (Phi) is 4.98. The summed E-state index contributed by atoms with van der Waals surface area (Å²) in [5, 5.41) is 2.70. The number of amides is 2. The van der Waals surface area contributed by atoms with Crippen LogP contribution >= 0.6 is 15.9 Å². The second-order valence-electron chi connectivity index (χ2n) is 5.25. The molecule has 21 heavy (non-hydrogen) atoms. The summed E-state index contributed by atoms with van der Waals surface area (Å²) in [6, 6.07) is 3.65. The van der Waals surface area contributed by atoms with Crippen molar-refractivity contribution >= 4 is 27.7 Å². The summed E-state index contributed by atoms with van der Waals surface area (Å²) >= 11 is 3.14. The number of piperazine rings is 1. The van der Waals surface area contributed by atoms with Crippen molar-refractivity contribution in [2.75, 3.05) is 0 Å². The van der Waals surface area contributed by atoms with Gasteiger partial charge in [-0.25, -0.2) is 4.39 Å². The van der Waals surface area contributed by atoms with E-state index in [1.807, 2.05) is 6.92 Å². The first-order chi connectivity index (χ1) is 9.93. The van der Waals surface area contributed by atoms with Crippen LogP contribution in [0, 0.1) is 5.82 Å². The highest BCUT2D eigenvalue weighted by Gasteiger charge is 2.37. The van der Waals surface area contributed by atoms with Gasteiger partial charge in [-0.3, -0.25) is 9.59 Å². The van der Waals surface area contributed by atoms with Crippen molar-refractivity contribution in [3.05, 3.63) is 34.1 Å². The van der Waals surface area contributed by atoms with Gasteiger partial charge in [0.1, 0.15) is 17.9 Å². The SMILES string of the molecule is CCCC1C(=O)NC(C)C(=O)N1Cc1ccc(F)c(Br)c1. The van der Waals surface area contributed by atoms with Gasteiger partial charge < -0.3 is 10.2 Å². The van der Waals surface area contributed by atoms with E-state index in [1.165, 1.54) is 6.07 Å². The van der Waals surface area contributed by atoms with Crippen LogP contribution in [0.4, 0.5) is 4.39 Å². The summed E-state index contributed by atoms with van der Waals surface area (Å²) in [4.78, 5) is 26.0. The van der Waals surface area contributed by atoms with Gasteiger partial charge in [-0.05, 0) is 47.0 Å². The average Bonchev–Trinajstić information content (AvgIpc) is 2.44. The highest BCUT2D eigenvalue weighted by atomic mass is 79.9. The summed E-state index contributed by atoms with van der Waals surface area (Å²) in [5.41, 5.74) is 0.791. The fourth-order valence-electron chi connectivity index (χ4n) is 2.50.